The summed E-state index contributed by atoms with van der Waals surface area (Å²) in [4.78, 5) is 17.8. The van der Waals surface area contributed by atoms with Crippen molar-refractivity contribution in [3.05, 3.63) is 70.2 Å². The van der Waals surface area contributed by atoms with Crippen LogP contribution in [0.15, 0.2) is 59.3 Å². The summed E-state index contributed by atoms with van der Waals surface area (Å²) < 4.78 is 1.91. The molecule has 0 saturated carbocycles. The number of carbonyl (C=O) groups is 1. The van der Waals surface area contributed by atoms with E-state index in [1.165, 1.54) is 17.3 Å². The van der Waals surface area contributed by atoms with Crippen LogP contribution in [0.1, 0.15) is 22.0 Å². The van der Waals surface area contributed by atoms with Crippen molar-refractivity contribution in [2.75, 3.05) is 5.75 Å². The third-order valence-corrected chi connectivity index (χ3v) is 5.65. The van der Waals surface area contributed by atoms with Gasteiger partial charge in [0.05, 0.1) is 11.8 Å². The summed E-state index contributed by atoms with van der Waals surface area (Å²) in [6.45, 7) is 2.06. The van der Waals surface area contributed by atoms with Crippen molar-refractivity contribution in [2.24, 2.45) is 7.05 Å². The van der Waals surface area contributed by atoms with E-state index in [9.17, 15) is 4.79 Å². The molecule has 0 aliphatic rings. The molecule has 2 aromatic heterocycles. The number of aryl methyl sites for hydroxylation is 2. The van der Waals surface area contributed by atoms with Crippen LogP contribution >= 0.6 is 23.1 Å². The maximum atomic E-state index is 12.4. The van der Waals surface area contributed by atoms with Crippen LogP contribution in [0.25, 0.3) is 0 Å². The molecule has 3 aromatic rings. The van der Waals surface area contributed by atoms with E-state index < -0.39 is 0 Å². The molecule has 0 bridgehead atoms. The predicted octanol–water partition coefficient (Wildman–Crippen LogP) is 3.79. The second-order valence-corrected chi connectivity index (χ2v) is 7.46. The average molecular weight is 358 g/mol. The van der Waals surface area contributed by atoms with Gasteiger partial charge in [-0.15, -0.1) is 11.3 Å². The Morgan fingerprint density at radius 1 is 1.33 bits per heavy atom. The minimum atomic E-state index is -0.111. The number of hydrogen-bond acceptors (Lipinski definition) is 4. The lowest BCUT2D eigenvalue weighted by atomic mass is 10.0. The second kappa shape index (κ2) is 7.68. The van der Waals surface area contributed by atoms with Crippen molar-refractivity contribution in [1.29, 1.82) is 0 Å². The maximum absolute atomic E-state index is 12.4. The molecular weight excluding hydrogens is 338 g/mol. The van der Waals surface area contributed by atoms with Gasteiger partial charge in [0.25, 0.3) is 0 Å². The summed E-state index contributed by atoms with van der Waals surface area (Å²) in [6.07, 6.45) is 3.61. The summed E-state index contributed by atoms with van der Waals surface area (Å²) >= 11 is 3.09. The number of nitrogens with zero attached hydrogens (tertiary/aromatic N) is 2. The molecule has 0 aliphatic heterocycles. The largest absolute Gasteiger partial charge is 0.344 e. The highest BCUT2D eigenvalue weighted by molar-refractivity contribution is 7.99. The van der Waals surface area contributed by atoms with Crippen molar-refractivity contribution < 1.29 is 4.79 Å². The molecule has 24 heavy (non-hydrogen) atoms. The average Bonchev–Trinajstić information content (AvgIpc) is 3.23. The molecule has 1 amide bonds. The van der Waals surface area contributed by atoms with Crippen molar-refractivity contribution in [2.45, 2.75) is 18.1 Å². The molecule has 0 spiro atoms. The Bertz CT molecular complexity index is 794. The molecule has 0 aliphatic carbocycles. The Morgan fingerprint density at radius 2 is 2.12 bits per heavy atom. The standard InChI is InChI=1S/C18H19N3OS2/c1-13-5-7-14(8-6-13)17(15-4-3-11-23-15)20-16(22)12-24-18-19-9-10-21(18)2/h3-11,17H,12H2,1-2H3,(H,20,22). The minimum absolute atomic E-state index is 0.00183. The molecule has 3 rings (SSSR count). The summed E-state index contributed by atoms with van der Waals surface area (Å²) in [5.41, 5.74) is 2.30. The van der Waals surface area contributed by atoms with Crippen LogP contribution < -0.4 is 5.32 Å². The van der Waals surface area contributed by atoms with Gasteiger partial charge in [0.1, 0.15) is 0 Å². The van der Waals surface area contributed by atoms with Crippen molar-refractivity contribution in [1.82, 2.24) is 14.9 Å². The van der Waals surface area contributed by atoms with Gasteiger partial charge >= 0.3 is 0 Å². The second-order valence-electron chi connectivity index (χ2n) is 5.54. The van der Waals surface area contributed by atoms with Gasteiger partial charge in [0.2, 0.25) is 5.91 Å². The molecule has 1 N–H and O–H groups in total. The highest BCUT2D eigenvalue weighted by Gasteiger charge is 2.18. The van der Waals surface area contributed by atoms with E-state index in [0.29, 0.717) is 5.75 Å². The molecule has 124 valence electrons. The van der Waals surface area contributed by atoms with Crippen molar-refractivity contribution in [3.8, 4) is 0 Å². The zero-order valence-electron chi connectivity index (χ0n) is 13.6. The van der Waals surface area contributed by atoms with Gasteiger partial charge in [0, 0.05) is 24.3 Å². The topological polar surface area (TPSA) is 46.9 Å². The third kappa shape index (κ3) is 4.07. The van der Waals surface area contributed by atoms with E-state index in [2.05, 4.69) is 47.6 Å². The molecule has 1 unspecified atom stereocenters. The first-order valence-electron chi connectivity index (χ1n) is 7.63. The number of carbonyl (C=O) groups excluding carboxylic acids is 1. The van der Waals surface area contributed by atoms with Crippen LogP contribution in [-0.4, -0.2) is 21.2 Å². The Hall–Kier alpha value is -2.05. The lowest BCUT2D eigenvalue weighted by Crippen LogP contribution is -2.30. The van der Waals surface area contributed by atoms with E-state index in [1.807, 2.05) is 29.3 Å². The molecule has 1 aromatic carbocycles. The van der Waals surface area contributed by atoms with Gasteiger partial charge in [0.15, 0.2) is 5.16 Å². The normalized spacial score (nSPS) is 12.1. The number of thiophene rings is 1. The van der Waals surface area contributed by atoms with Crippen LogP contribution in [0.3, 0.4) is 0 Å². The van der Waals surface area contributed by atoms with Gasteiger partial charge in [-0.05, 0) is 23.9 Å². The van der Waals surface area contributed by atoms with E-state index in [0.717, 1.165) is 15.6 Å². The van der Waals surface area contributed by atoms with E-state index >= 15 is 0 Å². The van der Waals surface area contributed by atoms with Gasteiger partial charge in [-0.3, -0.25) is 4.79 Å². The predicted molar refractivity (Wildman–Crippen MR) is 99.4 cm³/mol. The number of imidazole rings is 1. The monoisotopic (exact) mass is 357 g/mol. The summed E-state index contributed by atoms with van der Waals surface area (Å²) in [6, 6.07) is 12.3. The van der Waals surface area contributed by atoms with Crippen molar-refractivity contribution in [3.63, 3.8) is 0 Å². The van der Waals surface area contributed by atoms with E-state index in [-0.39, 0.29) is 11.9 Å². The smallest absolute Gasteiger partial charge is 0.231 e. The quantitative estimate of drug-likeness (QED) is 0.683. The fraction of sp³-hybridized carbons (Fsp3) is 0.222. The molecule has 1 atom stereocenters. The van der Waals surface area contributed by atoms with Gasteiger partial charge in [-0.2, -0.15) is 0 Å². The number of aromatic nitrogens is 2. The Balaban J connectivity index is 1.71. The molecule has 0 fully saturated rings. The summed E-state index contributed by atoms with van der Waals surface area (Å²) in [7, 11) is 1.92. The van der Waals surface area contributed by atoms with Gasteiger partial charge in [-0.25, -0.2) is 4.98 Å². The number of rotatable bonds is 6. The third-order valence-electron chi connectivity index (χ3n) is 3.65. The van der Waals surface area contributed by atoms with Crippen LogP contribution in [0.2, 0.25) is 0 Å². The molecule has 0 radical (unpaired) electrons. The number of nitrogens with one attached hydrogen (secondary N) is 1. The SMILES string of the molecule is Cc1ccc(C(NC(=O)CSc2nccn2C)c2cccs2)cc1. The first-order valence-corrected chi connectivity index (χ1v) is 9.49. The number of thioether (sulfide) groups is 1. The van der Waals surface area contributed by atoms with Crippen LogP contribution in [0.4, 0.5) is 0 Å². The first kappa shape index (κ1) is 16.8. The number of hydrogen-bond donors (Lipinski definition) is 1. The lowest BCUT2D eigenvalue weighted by Gasteiger charge is -2.18. The summed E-state index contributed by atoms with van der Waals surface area (Å²) in [5.74, 6) is 0.348. The fourth-order valence-corrected chi connectivity index (χ4v) is 3.90. The van der Waals surface area contributed by atoms with Gasteiger partial charge < -0.3 is 9.88 Å². The lowest BCUT2D eigenvalue weighted by molar-refractivity contribution is -0.119. The zero-order chi connectivity index (χ0) is 16.9. The highest BCUT2D eigenvalue weighted by atomic mass is 32.2. The summed E-state index contributed by atoms with van der Waals surface area (Å²) in [5, 5.41) is 6.02. The van der Waals surface area contributed by atoms with Crippen LogP contribution in [0.5, 0.6) is 0 Å². The minimum Gasteiger partial charge on any atom is -0.344 e. The fourth-order valence-electron chi connectivity index (χ4n) is 2.36. The zero-order valence-corrected chi connectivity index (χ0v) is 15.2. The van der Waals surface area contributed by atoms with Gasteiger partial charge in [-0.1, -0.05) is 47.7 Å². The number of benzene rings is 1. The Labute approximate surface area is 149 Å². The number of amides is 1. The van der Waals surface area contributed by atoms with Crippen LogP contribution in [0, 0.1) is 6.92 Å². The molecular formula is C18H19N3OS2. The molecule has 0 saturated heterocycles. The van der Waals surface area contributed by atoms with E-state index in [4.69, 9.17) is 0 Å². The highest BCUT2D eigenvalue weighted by Crippen LogP contribution is 2.26. The molecule has 2 heterocycles. The Kier molecular flexibility index (Phi) is 5.37. The van der Waals surface area contributed by atoms with Crippen LogP contribution in [-0.2, 0) is 11.8 Å². The maximum Gasteiger partial charge on any atom is 0.231 e. The molecule has 6 heteroatoms. The Morgan fingerprint density at radius 3 is 2.75 bits per heavy atom. The van der Waals surface area contributed by atoms with E-state index in [1.54, 1.807) is 17.5 Å². The molecule has 4 nitrogen and oxygen atoms in total. The first-order chi connectivity index (χ1) is 11.6. The van der Waals surface area contributed by atoms with Crippen molar-refractivity contribution >= 4 is 29.0 Å².